The molecule has 0 radical (unpaired) electrons. The van der Waals surface area contributed by atoms with Gasteiger partial charge in [-0.2, -0.15) is 10.4 Å². The van der Waals surface area contributed by atoms with E-state index in [2.05, 4.69) is 79.2 Å². The molecule has 0 spiro atoms. The maximum atomic E-state index is 9.11. The third-order valence-electron chi connectivity index (χ3n) is 7.88. The van der Waals surface area contributed by atoms with Crippen molar-refractivity contribution in [3.05, 3.63) is 72.6 Å². The second-order valence-corrected chi connectivity index (χ2v) is 10.3. The average molecular weight is 492 g/mol. The molecule has 2 aromatic heterocycles. The molecule has 4 aromatic rings. The SMILES string of the molecule is N#Cc1ccc(N2CCC[C@H](N[C@@H]3CCCC[C@H]3Nc3cc(-c4cccc5cn[nH]c45)ccn3)C2)cc1. The summed E-state index contributed by atoms with van der Waals surface area (Å²) in [7, 11) is 0. The molecule has 6 rings (SSSR count). The molecule has 2 aromatic carbocycles. The summed E-state index contributed by atoms with van der Waals surface area (Å²) < 4.78 is 0. The molecule has 3 atom stereocenters. The number of rotatable bonds is 6. The molecule has 1 aliphatic heterocycles. The second kappa shape index (κ2) is 10.6. The summed E-state index contributed by atoms with van der Waals surface area (Å²) in [6, 6.07) is 21.9. The summed E-state index contributed by atoms with van der Waals surface area (Å²) in [5.41, 5.74) is 5.26. The van der Waals surface area contributed by atoms with E-state index < -0.39 is 0 Å². The minimum Gasteiger partial charge on any atom is -0.370 e. The van der Waals surface area contributed by atoms with Gasteiger partial charge < -0.3 is 15.5 Å². The number of nitriles is 1. The van der Waals surface area contributed by atoms with Gasteiger partial charge in [0.25, 0.3) is 0 Å². The number of hydrogen-bond acceptors (Lipinski definition) is 6. The fraction of sp³-hybridized carbons (Fsp3) is 0.367. The summed E-state index contributed by atoms with van der Waals surface area (Å²) >= 11 is 0. The van der Waals surface area contributed by atoms with E-state index in [1.807, 2.05) is 24.5 Å². The maximum Gasteiger partial charge on any atom is 0.126 e. The van der Waals surface area contributed by atoms with Crippen molar-refractivity contribution in [3.63, 3.8) is 0 Å². The number of anilines is 2. The van der Waals surface area contributed by atoms with Crippen LogP contribution in [0.5, 0.6) is 0 Å². The zero-order valence-electron chi connectivity index (χ0n) is 21.0. The van der Waals surface area contributed by atoms with Gasteiger partial charge in [0, 0.05) is 54.0 Å². The second-order valence-electron chi connectivity index (χ2n) is 10.3. The van der Waals surface area contributed by atoms with Gasteiger partial charge in [-0.25, -0.2) is 4.98 Å². The highest BCUT2D eigenvalue weighted by Gasteiger charge is 2.29. The zero-order chi connectivity index (χ0) is 25.0. The fourth-order valence-electron chi connectivity index (χ4n) is 5.98. The van der Waals surface area contributed by atoms with Crippen molar-refractivity contribution >= 4 is 22.4 Å². The fourth-order valence-corrected chi connectivity index (χ4v) is 5.98. The van der Waals surface area contributed by atoms with E-state index >= 15 is 0 Å². The van der Waals surface area contributed by atoms with E-state index in [1.165, 1.54) is 37.8 Å². The van der Waals surface area contributed by atoms with Crippen LogP contribution < -0.4 is 15.5 Å². The van der Waals surface area contributed by atoms with Gasteiger partial charge in [0.1, 0.15) is 5.82 Å². The van der Waals surface area contributed by atoms with Crippen LogP contribution in [0.15, 0.2) is 67.0 Å². The predicted octanol–water partition coefficient (Wildman–Crippen LogP) is 5.48. The summed E-state index contributed by atoms with van der Waals surface area (Å²) in [5, 5.41) is 25.4. The van der Waals surface area contributed by atoms with Gasteiger partial charge in [-0.15, -0.1) is 0 Å². The van der Waals surface area contributed by atoms with Crippen molar-refractivity contribution in [1.82, 2.24) is 20.5 Å². The molecular formula is C30H33N7. The molecule has 2 aliphatic rings. The first-order chi connectivity index (χ1) is 18.3. The summed E-state index contributed by atoms with van der Waals surface area (Å²) in [6.07, 6.45) is 11.0. The van der Waals surface area contributed by atoms with Crippen LogP contribution in [0.2, 0.25) is 0 Å². The Hall–Kier alpha value is -3.89. The maximum absolute atomic E-state index is 9.11. The average Bonchev–Trinajstić information content (AvgIpc) is 3.44. The molecule has 3 heterocycles. The van der Waals surface area contributed by atoms with Crippen molar-refractivity contribution in [2.75, 3.05) is 23.3 Å². The van der Waals surface area contributed by atoms with E-state index in [0.29, 0.717) is 23.7 Å². The molecule has 0 unspecified atom stereocenters. The quantitative estimate of drug-likeness (QED) is 0.331. The first-order valence-electron chi connectivity index (χ1n) is 13.4. The number of H-pyrrole nitrogens is 1. The van der Waals surface area contributed by atoms with Gasteiger partial charge in [-0.3, -0.25) is 5.10 Å². The Morgan fingerprint density at radius 2 is 1.84 bits per heavy atom. The van der Waals surface area contributed by atoms with Crippen molar-refractivity contribution in [3.8, 4) is 17.2 Å². The number of aromatic nitrogens is 3. The lowest BCUT2D eigenvalue weighted by Gasteiger charge is -2.40. The van der Waals surface area contributed by atoms with Crippen LogP contribution in [0, 0.1) is 11.3 Å². The Labute approximate surface area is 217 Å². The molecule has 2 fully saturated rings. The Morgan fingerprint density at radius 3 is 2.70 bits per heavy atom. The molecule has 7 heteroatoms. The molecule has 1 aliphatic carbocycles. The Kier molecular flexibility index (Phi) is 6.74. The lowest BCUT2D eigenvalue weighted by molar-refractivity contribution is 0.293. The van der Waals surface area contributed by atoms with Gasteiger partial charge in [0.2, 0.25) is 0 Å². The van der Waals surface area contributed by atoms with Gasteiger partial charge in [0.15, 0.2) is 0 Å². The minimum atomic E-state index is 0.352. The molecule has 37 heavy (non-hydrogen) atoms. The first-order valence-corrected chi connectivity index (χ1v) is 13.4. The van der Waals surface area contributed by atoms with Crippen LogP contribution in [0.3, 0.4) is 0 Å². The third kappa shape index (κ3) is 5.16. The first kappa shape index (κ1) is 23.5. The highest BCUT2D eigenvalue weighted by atomic mass is 15.2. The number of piperidine rings is 1. The van der Waals surface area contributed by atoms with Crippen molar-refractivity contribution in [2.24, 2.45) is 0 Å². The van der Waals surface area contributed by atoms with E-state index in [-0.39, 0.29) is 0 Å². The summed E-state index contributed by atoms with van der Waals surface area (Å²) in [4.78, 5) is 7.13. The number of fused-ring (bicyclic) bond motifs is 1. The van der Waals surface area contributed by atoms with Crippen molar-refractivity contribution in [2.45, 2.75) is 56.7 Å². The van der Waals surface area contributed by atoms with Crippen LogP contribution in [0.1, 0.15) is 44.1 Å². The number of para-hydroxylation sites is 1. The largest absolute Gasteiger partial charge is 0.370 e. The smallest absolute Gasteiger partial charge is 0.126 e. The normalized spacial score (nSPS) is 22.0. The predicted molar refractivity (Wildman–Crippen MR) is 149 cm³/mol. The lowest BCUT2D eigenvalue weighted by atomic mass is 9.89. The Morgan fingerprint density at radius 1 is 0.973 bits per heavy atom. The molecular weight excluding hydrogens is 458 g/mol. The molecule has 1 saturated heterocycles. The van der Waals surface area contributed by atoms with Crippen LogP contribution in [0.25, 0.3) is 22.0 Å². The number of nitrogens with zero attached hydrogens (tertiary/aromatic N) is 4. The van der Waals surface area contributed by atoms with Gasteiger partial charge in [-0.1, -0.05) is 31.0 Å². The monoisotopic (exact) mass is 491 g/mol. The Balaban J connectivity index is 1.14. The molecule has 188 valence electrons. The Bertz CT molecular complexity index is 1390. The molecule has 7 nitrogen and oxygen atoms in total. The van der Waals surface area contributed by atoms with Gasteiger partial charge >= 0.3 is 0 Å². The summed E-state index contributed by atoms with van der Waals surface area (Å²) in [5.74, 6) is 0.926. The molecule has 3 N–H and O–H groups in total. The highest BCUT2D eigenvalue weighted by molar-refractivity contribution is 5.93. The third-order valence-corrected chi connectivity index (χ3v) is 7.88. The van der Waals surface area contributed by atoms with E-state index in [0.717, 1.165) is 47.4 Å². The van der Waals surface area contributed by atoms with E-state index in [1.54, 1.807) is 0 Å². The van der Waals surface area contributed by atoms with Crippen LogP contribution >= 0.6 is 0 Å². The van der Waals surface area contributed by atoms with Crippen LogP contribution in [0.4, 0.5) is 11.5 Å². The molecule has 0 amide bonds. The lowest BCUT2D eigenvalue weighted by Crippen LogP contribution is -2.54. The highest BCUT2D eigenvalue weighted by Crippen LogP contribution is 2.30. The number of nitrogens with one attached hydrogen (secondary N) is 3. The van der Waals surface area contributed by atoms with Crippen molar-refractivity contribution in [1.29, 1.82) is 5.26 Å². The van der Waals surface area contributed by atoms with Gasteiger partial charge in [-0.05, 0) is 67.6 Å². The van der Waals surface area contributed by atoms with E-state index in [4.69, 9.17) is 5.26 Å². The number of benzene rings is 2. The molecule has 0 bridgehead atoms. The van der Waals surface area contributed by atoms with Crippen molar-refractivity contribution < 1.29 is 0 Å². The summed E-state index contributed by atoms with van der Waals surface area (Å²) in [6.45, 7) is 2.06. The van der Waals surface area contributed by atoms with Crippen LogP contribution in [-0.4, -0.2) is 46.4 Å². The minimum absolute atomic E-state index is 0.352. The topological polar surface area (TPSA) is 92.7 Å². The number of pyridine rings is 1. The zero-order valence-corrected chi connectivity index (χ0v) is 21.0. The van der Waals surface area contributed by atoms with Gasteiger partial charge in [0.05, 0.1) is 23.3 Å². The van der Waals surface area contributed by atoms with E-state index in [9.17, 15) is 0 Å². The number of aromatic amines is 1. The standard InChI is InChI=1S/C30H33N7/c31-18-21-10-12-25(13-11-21)37-16-4-6-24(20-37)34-27-8-1-2-9-28(27)35-29-17-22(14-15-32-29)26-7-3-5-23-19-33-36-30(23)26/h3,5,7,10-15,17,19,24,27-28,34H,1-2,4,6,8-9,16,20H2,(H,32,35)(H,33,36)/t24-,27+,28+/m0/s1. The molecule has 1 saturated carbocycles. The van der Waals surface area contributed by atoms with Crippen LogP contribution in [-0.2, 0) is 0 Å². The number of hydrogen-bond donors (Lipinski definition) is 3.